The molecular weight excluding hydrogens is 222 g/mol. The van der Waals surface area contributed by atoms with Crippen molar-refractivity contribution in [3.05, 3.63) is 0 Å². The highest BCUT2D eigenvalue weighted by Crippen LogP contribution is 2.13. The van der Waals surface area contributed by atoms with Gasteiger partial charge in [0.05, 0.1) is 0 Å². The number of carbonyl (C=O) groups excluding carboxylic acids is 2. The summed E-state index contributed by atoms with van der Waals surface area (Å²) in [4.78, 5) is 24.7. The average Bonchev–Trinajstić information content (AvgIpc) is 2.30. The molecule has 1 saturated heterocycles. The van der Waals surface area contributed by atoms with E-state index < -0.39 is 17.7 Å². The first-order valence-corrected chi connectivity index (χ1v) is 5.98. The molecule has 0 aromatic heterocycles. The number of hydrogen-bond donors (Lipinski definition) is 1. The van der Waals surface area contributed by atoms with Gasteiger partial charge in [-0.3, -0.25) is 9.59 Å². The van der Waals surface area contributed by atoms with Gasteiger partial charge >= 0.3 is 5.97 Å². The minimum atomic E-state index is -0.972. The SMILES string of the molecule is CC(C)(C)OC(=O)CN1CCCCC(O)C1=O. The van der Waals surface area contributed by atoms with Crippen LogP contribution in [-0.4, -0.2) is 46.7 Å². The van der Waals surface area contributed by atoms with E-state index in [0.29, 0.717) is 13.0 Å². The highest BCUT2D eigenvalue weighted by molar-refractivity contribution is 5.85. The van der Waals surface area contributed by atoms with E-state index in [1.807, 2.05) is 0 Å². The summed E-state index contributed by atoms with van der Waals surface area (Å²) < 4.78 is 5.15. The van der Waals surface area contributed by atoms with Gasteiger partial charge < -0.3 is 14.7 Å². The van der Waals surface area contributed by atoms with Crippen LogP contribution in [0.3, 0.4) is 0 Å². The topological polar surface area (TPSA) is 66.8 Å². The fourth-order valence-electron chi connectivity index (χ4n) is 1.77. The van der Waals surface area contributed by atoms with Crippen LogP contribution in [0.2, 0.25) is 0 Å². The minimum absolute atomic E-state index is 0.0762. The summed E-state index contributed by atoms with van der Waals surface area (Å²) in [6.07, 6.45) is 1.12. The number of hydrogen-bond acceptors (Lipinski definition) is 4. The van der Waals surface area contributed by atoms with Crippen molar-refractivity contribution in [1.82, 2.24) is 4.90 Å². The molecule has 0 aromatic carbocycles. The molecule has 0 bridgehead atoms. The lowest BCUT2D eigenvalue weighted by Gasteiger charge is -2.24. The Kier molecular flexibility index (Phi) is 4.51. The van der Waals surface area contributed by atoms with Gasteiger partial charge in [-0.15, -0.1) is 0 Å². The Hall–Kier alpha value is -1.10. The van der Waals surface area contributed by atoms with E-state index in [1.165, 1.54) is 4.90 Å². The van der Waals surface area contributed by atoms with Gasteiger partial charge in [0.1, 0.15) is 18.2 Å². The van der Waals surface area contributed by atoms with Crippen LogP contribution >= 0.6 is 0 Å². The summed E-state index contributed by atoms with van der Waals surface area (Å²) in [5, 5.41) is 9.53. The summed E-state index contributed by atoms with van der Waals surface area (Å²) in [5.74, 6) is -0.798. The second-order valence-corrected chi connectivity index (χ2v) is 5.36. The lowest BCUT2D eigenvalue weighted by molar-refractivity contribution is -0.160. The number of aliphatic hydroxyl groups excluding tert-OH is 1. The quantitative estimate of drug-likeness (QED) is 0.725. The fraction of sp³-hybridized carbons (Fsp3) is 0.833. The van der Waals surface area contributed by atoms with Crippen LogP contribution in [-0.2, 0) is 14.3 Å². The summed E-state index contributed by atoms with van der Waals surface area (Å²) in [5.41, 5.74) is -0.551. The summed E-state index contributed by atoms with van der Waals surface area (Å²) in [7, 11) is 0. The van der Waals surface area contributed by atoms with Crippen molar-refractivity contribution in [3.63, 3.8) is 0 Å². The van der Waals surface area contributed by atoms with E-state index in [2.05, 4.69) is 0 Å². The van der Waals surface area contributed by atoms with Crippen LogP contribution in [0.15, 0.2) is 0 Å². The van der Waals surface area contributed by atoms with Crippen LogP contribution in [0, 0.1) is 0 Å². The van der Waals surface area contributed by atoms with Gasteiger partial charge in [0.2, 0.25) is 0 Å². The fourth-order valence-corrected chi connectivity index (χ4v) is 1.77. The van der Waals surface area contributed by atoms with Gasteiger partial charge in [-0.1, -0.05) is 0 Å². The molecule has 0 aliphatic carbocycles. The van der Waals surface area contributed by atoms with Crippen molar-refractivity contribution in [2.75, 3.05) is 13.1 Å². The molecule has 0 spiro atoms. The van der Waals surface area contributed by atoms with E-state index in [1.54, 1.807) is 20.8 Å². The standard InChI is InChI=1S/C12H21NO4/c1-12(2,3)17-10(15)8-13-7-5-4-6-9(14)11(13)16/h9,14H,4-8H2,1-3H3. The molecule has 98 valence electrons. The number of rotatable bonds is 2. The van der Waals surface area contributed by atoms with Crippen molar-refractivity contribution in [1.29, 1.82) is 0 Å². The van der Waals surface area contributed by atoms with Gasteiger partial charge in [0.25, 0.3) is 5.91 Å². The predicted octanol–water partition coefficient (Wildman–Crippen LogP) is 0.702. The Labute approximate surface area is 102 Å². The van der Waals surface area contributed by atoms with Gasteiger partial charge in [0, 0.05) is 6.54 Å². The van der Waals surface area contributed by atoms with Crippen molar-refractivity contribution < 1.29 is 19.4 Å². The number of nitrogens with zero attached hydrogens (tertiary/aromatic N) is 1. The van der Waals surface area contributed by atoms with Crippen molar-refractivity contribution in [2.24, 2.45) is 0 Å². The van der Waals surface area contributed by atoms with Crippen LogP contribution in [0.1, 0.15) is 40.0 Å². The highest BCUT2D eigenvalue weighted by Gasteiger charge is 2.28. The number of carbonyl (C=O) groups is 2. The minimum Gasteiger partial charge on any atom is -0.459 e. The molecule has 1 amide bonds. The second kappa shape index (κ2) is 5.49. The first kappa shape index (κ1) is 14.0. The molecule has 17 heavy (non-hydrogen) atoms. The Morgan fingerprint density at radius 2 is 2.12 bits per heavy atom. The zero-order valence-corrected chi connectivity index (χ0v) is 10.7. The van der Waals surface area contributed by atoms with Crippen LogP contribution < -0.4 is 0 Å². The van der Waals surface area contributed by atoms with Gasteiger partial charge in [-0.2, -0.15) is 0 Å². The Morgan fingerprint density at radius 1 is 1.47 bits per heavy atom. The third-order valence-corrected chi connectivity index (χ3v) is 2.49. The molecule has 5 heteroatoms. The third kappa shape index (κ3) is 4.73. The Bertz CT molecular complexity index is 295. The maximum absolute atomic E-state index is 11.7. The van der Waals surface area contributed by atoms with Crippen molar-refractivity contribution in [2.45, 2.75) is 51.7 Å². The van der Waals surface area contributed by atoms with E-state index in [0.717, 1.165) is 12.8 Å². The molecule has 1 aliphatic rings. The van der Waals surface area contributed by atoms with Crippen molar-refractivity contribution >= 4 is 11.9 Å². The molecule has 5 nitrogen and oxygen atoms in total. The second-order valence-electron chi connectivity index (χ2n) is 5.36. The molecule has 1 unspecified atom stereocenters. The molecule has 1 aliphatic heterocycles. The maximum atomic E-state index is 11.7. The Balaban J connectivity index is 2.54. The molecule has 1 N–H and O–H groups in total. The van der Waals surface area contributed by atoms with Crippen LogP contribution in [0.4, 0.5) is 0 Å². The zero-order chi connectivity index (χ0) is 13.1. The molecule has 0 radical (unpaired) electrons. The van der Waals surface area contributed by atoms with Crippen LogP contribution in [0.25, 0.3) is 0 Å². The first-order valence-electron chi connectivity index (χ1n) is 5.98. The molecule has 0 saturated carbocycles. The van der Waals surface area contributed by atoms with E-state index in [9.17, 15) is 14.7 Å². The molecule has 1 fully saturated rings. The zero-order valence-electron chi connectivity index (χ0n) is 10.7. The maximum Gasteiger partial charge on any atom is 0.326 e. The van der Waals surface area contributed by atoms with Crippen molar-refractivity contribution in [3.8, 4) is 0 Å². The van der Waals surface area contributed by atoms with Gasteiger partial charge in [0.15, 0.2) is 0 Å². The summed E-state index contributed by atoms with van der Waals surface area (Å²) in [6, 6.07) is 0. The summed E-state index contributed by atoms with van der Waals surface area (Å²) in [6.45, 7) is 5.78. The molecular formula is C12H21NO4. The van der Waals surface area contributed by atoms with Gasteiger partial charge in [-0.25, -0.2) is 0 Å². The van der Waals surface area contributed by atoms with Crippen LogP contribution in [0.5, 0.6) is 0 Å². The van der Waals surface area contributed by atoms with Gasteiger partial charge in [-0.05, 0) is 40.0 Å². The first-order chi connectivity index (χ1) is 7.79. The number of aliphatic hydroxyl groups is 1. The molecule has 1 heterocycles. The lowest BCUT2D eigenvalue weighted by atomic mass is 10.2. The van der Waals surface area contributed by atoms with E-state index in [-0.39, 0.29) is 12.5 Å². The monoisotopic (exact) mass is 243 g/mol. The predicted molar refractivity (Wildman–Crippen MR) is 62.3 cm³/mol. The third-order valence-electron chi connectivity index (χ3n) is 2.49. The smallest absolute Gasteiger partial charge is 0.326 e. The normalized spacial score (nSPS) is 22.2. The summed E-state index contributed by atoms with van der Waals surface area (Å²) >= 11 is 0. The number of ether oxygens (including phenoxy) is 1. The number of amides is 1. The molecule has 0 aromatic rings. The number of likely N-dealkylation sites (tertiary alicyclic amines) is 1. The lowest BCUT2D eigenvalue weighted by Crippen LogP contribution is -2.42. The molecule has 1 atom stereocenters. The number of esters is 1. The largest absolute Gasteiger partial charge is 0.459 e. The average molecular weight is 243 g/mol. The Morgan fingerprint density at radius 3 is 2.71 bits per heavy atom. The van der Waals surface area contributed by atoms with E-state index in [4.69, 9.17) is 4.74 Å². The van der Waals surface area contributed by atoms with E-state index >= 15 is 0 Å². The highest BCUT2D eigenvalue weighted by atomic mass is 16.6. The molecule has 1 rings (SSSR count).